The normalized spacial score (nSPS) is 18.8. The van der Waals surface area contributed by atoms with Crippen molar-refractivity contribution >= 4 is 6.09 Å². The van der Waals surface area contributed by atoms with Crippen molar-refractivity contribution in [3.63, 3.8) is 0 Å². The smallest absolute Gasteiger partial charge is 0.410 e. The fraction of sp³-hybridized carbons (Fsp3) is 0.500. The van der Waals surface area contributed by atoms with E-state index < -0.39 is 5.60 Å². The number of amides is 1. The number of aromatic nitrogens is 1. The van der Waals surface area contributed by atoms with E-state index in [1.165, 1.54) is 12.0 Å². The average Bonchev–Trinajstić information content (AvgIpc) is 3.11. The Kier molecular flexibility index (Phi) is 6.00. The first-order chi connectivity index (χ1) is 14.9. The number of benzene rings is 1. The van der Waals surface area contributed by atoms with E-state index in [1.54, 1.807) is 4.90 Å². The molecular formula is C26H31N3O2. The number of nitriles is 1. The van der Waals surface area contributed by atoms with Crippen LogP contribution in [0.15, 0.2) is 30.3 Å². The molecule has 0 spiro atoms. The molecule has 0 N–H and O–H groups in total. The van der Waals surface area contributed by atoms with Crippen molar-refractivity contribution in [1.82, 2.24) is 9.88 Å². The maximum absolute atomic E-state index is 12.9. The maximum atomic E-state index is 12.9. The van der Waals surface area contributed by atoms with E-state index in [0.29, 0.717) is 12.1 Å². The van der Waals surface area contributed by atoms with Gasteiger partial charge in [-0.15, -0.1) is 0 Å². The Balaban J connectivity index is 1.86. The quantitative estimate of drug-likeness (QED) is 0.565. The van der Waals surface area contributed by atoms with E-state index in [-0.39, 0.29) is 12.1 Å². The van der Waals surface area contributed by atoms with Gasteiger partial charge in [-0.25, -0.2) is 4.79 Å². The van der Waals surface area contributed by atoms with Gasteiger partial charge in [0.15, 0.2) is 0 Å². The summed E-state index contributed by atoms with van der Waals surface area (Å²) >= 11 is 0. The van der Waals surface area contributed by atoms with Crippen LogP contribution in [0.1, 0.15) is 81.4 Å². The number of nitrogens with zero attached hydrogens (tertiary/aromatic N) is 3. The standard InChI is InChI=1S/C26H31N3O2/c1-26(2,3)31-25(30)29-16-10-15-22(29)24-20(17-27)23(18-11-6-4-7-12-18)19-13-8-5-9-14-21(19)28-24/h4,6-7,11-12,22H,5,8-10,13-16H2,1-3H3/t22-/m0/s1. The van der Waals surface area contributed by atoms with Gasteiger partial charge in [0.25, 0.3) is 0 Å². The lowest BCUT2D eigenvalue weighted by molar-refractivity contribution is 0.0221. The first-order valence-electron chi connectivity index (χ1n) is 11.4. The Morgan fingerprint density at radius 2 is 1.87 bits per heavy atom. The number of hydrogen-bond donors (Lipinski definition) is 0. The molecule has 1 aliphatic heterocycles. The summed E-state index contributed by atoms with van der Waals surface area (Å²) in [6.45, 7) is 6.27. The summed E-state index contributed by atoms with van der Waals surface area (Å²) in [5.41, 5.74) is 5.19. The second-order valence-electron chi connectivity index (χ2n) is 9.54. The molecule has 1 aliphatic carbocycles. The zero-order valence-electron chi connectivity index (χ0n) is 18.8. The van der Waals surface area contributed by atoms with Crippen molar-refractivity contribution in [2.75, 3.05) is 6.54 Å². The predicted molar refractivity (Wildman–Crippen MR) is 121 cm³/mol. The molecule has 0 unspecified atom stereocenters. The zero-order chi connectivity index (χ0) is 22.0. The number of likely N-dealkylation sites (tertiary alicyclic amines) is 1. The molecule has 5 nitrogen and oxygen atoms in total. The van der Waals surface area contributed by atoms with E-state index in [9.17, 15) is 10.1 Å². The molecule has 1 aromatic heterocycles. The molecule has 1 amide bonds. The van der Waals surface area contributed by atoms with Gasteiger partial charge < -0.3 is 4.74 Å². The van der Waals surface area contributed by atoms with Gasteiger partial charge in [0.05, 0.1) is 17.3 Å². The summed E-state index contributed by atoms with van der Waals surface area (Å²) in [5.74, 6) is 0. The largest absolute Gasteiger partial charge is 0.444 e. The van der Waals surface area contributed by atoms with Crippen molar-refractivity contribution in [1.29, 1.82) is 5.26 Å². The molecule has 0 bridgehead atoms. The second-order valence-corrected chi connectivity index (χ2v) is 9.54. The lowest BCUT2D eigenvalue weighted by Crippen LogP contribution is -2.37. The molecular weight excluding hydrogens is 386 g/mol. The Morgan fingerprint density at radius 1 is 1.13 bits per heavy atom. The van der Waals surface area contributed by atoms with Crippen LogP contribution in [0.5, 0.6) is 0 Å². The fourth-order valence-corrected chi connectivity index (χ4v) is 4.81. The second kappa shape index (κ2) is 8.70. The van der Waals surface area contributed by atoms with Gasteiger partial charge in [-0.3, -0.25) is 9.88 Å². The molecule has 0 radical (unpaired) electrons. The van der Waals surface area contributed by atoms with Gasteiger partial charge >= 0.3 is 6.09 Å². The molecule has 1 aromatic carbocycles. The Hall–Kier alpha value is -2.87. The minimum Gasteiger partial charge on any atom is -0.444 e. The van der Waals surface area contributed by atoms with Crippen molar-refractivity contribution < 1.29 is 9.53 Å². The van der Waals surface area contributed by atoms with Crippen LogP contribution in [0.25, 0.3) is 11.1 Å². The summed E-state index contributed by atoms with van der Waals surface area (Å²) in [6, 6.07) is 12.4. The van der Waals surface area contributed by atoms with Gasteiger partial charge in [0.1, 0.15) is 11.7 Å². The molecule has 4 rings (SSSR count). The first kappa shape index (κ1) is 21.4. The minimum absolute atomic E-state index is 0.222. The van der Waals surface area contributed by atoms with Crippen LogP contribution in [0.3, 0.4) is 0 Å². The third kappa shape index (κ3) is 4.44. The number of carbonyl (C=O) groups is 1. The van der Waals surface area contributed by atoms with E-state index in [4.69, 9.17) is 9.72 Å². The average molecular weight is 418 g/mol. The third-order valence-electron chi connectivity index (χ3n) is 6.12. The van der Waals surface area contributed by atoms with Gasteiger partial charge in [-0.2, -0.15) is 5.26 Å². The number of carbonyl (C=O) groups excluding carboxylic acids is 1. The van der Waals surface area contributed by atoms with Crippen LogP contribution in [-0.2, 0) is 17.6 Å². The molecule has 1 fully saturated rings. The third-order valence-corrected chi connectivity index (χ3v) is 6.12. The van der Waals surface area contributed by atoms with Gasteiger partial charge in [-0.05, 0) is 70.4 Å². The summed E-state index contributed by atoms with van der Waals surface area (Å²) in [7, 11) is 0. The monoisotopic (exact) mass is 417 g/mol. The van der Waals surface area contributed by atoms with Crippen LogP contribution < -0.4 is 0 Å². The van der Waals surface area contributed by atoms with Crippen LogP contribution in [-0.4, -0.2) is 28.1 Å². The van der Waals surface area contributed by atoms with E-state index in [2.05, 4.69) is 18.2 Å². The van der Waals surface area contributed by atoms with Crippen LogP contribution in [0.4, 0.5) is 4.79 Å². The lowest BCUT2D eigenvalue weighted by Gasteiger charge is -2.29. The zero-order valence-corrected chi connectivity index (χ0v) is 18.8. The summed E-state index contributed by atoms with van der Waals surface area (Å²) in [6.07, 6.45) is 6.63. The molecule has 162 valence electrons. The van der Waals surface area contributed by atoms with E-state index >= 15 is 0 Å². The molecule has 2 heterocycles. The molecule has 1 atom stereocenters. The van der Waals surface area contributed by atoms with E-state index in [1.807, 2.05) is 39.0 Å². The van der Waals surface area contributed by atoms with Gasteiger partial charge in [0, 0.05) is 17.8 Å². The van der Waals surface area contributed by atoms with Gasteiger partial charge in [0.2, 0.25) is 0 Å². The van der Waals surface area contributed by atoms with Crippen molar-refractivity contribution in [3.05, 3.63) is 52.8 Å². The Bertz CT molecular complexity index is 1000. The molecule has 0 saturated carbocycles. The van der Waals surface area contributed by atoms with Gasteiger partial charge in [-0.1, -0.05) is 36.8 Å². The van der Waals surface area contributed by atoms with Crippen LogP contribution >= 0.6 is 0 Å². The summed E-state index contributed by atoms with van der Waals surface area (Å²) < 4.78 is 5.67. The molecule has 2 aliphatic rings. The lowest BCUT2D eigenvalue weighted by atomic mass is 9.88. The molecule has 1 saturated heterocycles. The highest BCUT2D eigenvalue weighted by molar-refractivity contribution is 5.77. The van der Waals surface area contributed by atoms with Crippen LogP contribution in [0.2, 0.25) is 0 Å². The number of fused-ring (bicyclic) bond motifs is 1. The topological polar surface area (TPSA) is 66.2 Å². The number of rotatable bonds is 2. The Morgan fingerprint density at radius 3 is 2.58 bits per heavy atom. The Labute approximate surface area is 185 Å². The summed E-state index contributed by atoms with van der Waals surface area (Å²) in [5, 5.41) is 10.3. The van der Waals surface area contributed by atoms with Crippen molar-refractivity contribution in [2.24, 2.45) is 0 Å². The first-order valence-corrected chi connectivity index (χ1v) is 11.4. The van der Waals surface area contributed by atoms with Crippen LogP contribution in [0, 0.1) is 11.3 Å². The fourth-order valence-electron chi connectivity index (χ4n) is 4.81. The molecule has 2 aromatic rings. The highest BCUT2D eigenvalue weighted by Gasteiger charge is 2.37. The maximum Gasteiger partial charge on any atom is 0.410 e. The van der Waals surface area contributed by atoms with Crippen molar-refractivity contribution in [3.8, 4) is 17.2 Å². The highest BCUT2D eigenvalue weighted by Crippen LogP contribution is 2.40. The molecule has 5 heteroatoms. The number of aryl methyl sites for hydroxylation is 1. The van der Waals surface area contributed by atoms with Crippen molar-refractivity contribution in [2.45, 2.75) is 77.4 Å². The minimum atomic E-state index is -0.557. The number of ether oxygens (including phenoxy) is 1. The highest BCUT2D eigenvalue weighted by atomic mass is 16.6. The number of pyridine rings is 1. The molecule has 31 heavy (non-hydrogen) atoms. The summed E-state index contributed by atoms with van der Waals surface area (Å²) in [4.78, 5) is 19.8. The predicted octanol–water partition coefficient (Wildman–Crippen LogP) is 5.96. The number of hydrogen-bond acceptors (Lipinski definition) is 4. The van der Waals surface area contributed by atoms with E-state index in [0.717, 1.165) is 61.0 Å². The SMILES string of the molecule is CC(C)(C)OC(=O)N1CCC[C@H]1c1nc2c(c(-c3ccccc3)c1C#N)CCCCC2.